The van der Waals surface area contributed by atoms with E-state index in [0.29, 0.717) is 10.6 Å². The van der Waals surface area contributed by atoms with Gasteiger partial charge >= 0.3 is 5.97 Å². The van der Waals surface area contributed by atoms with E-state index in [4.69, 9.17) is 14.6 Å². The summed E-state index contributed by atoms with van der Waals surface area (Å²) in [6, 6.07) is 17.2. The average Bonchev–Trinajstić information content (AvgIpc) is 3.37. The summed E-state index contributed by atoms with van der Waals surface area (Å²) in [6.07, 6.45) is 0. The standard InChI is InChI=1S/C20H16N2O5S3/c21-30(24,25)14-7-5-13(6-8-14)26-11-12-27-20(23)18-10-9-17(28-18)19-22-15-3-1-2-4-16(15)29-19/h1-10H,11-12H2,(H2,21,24,25). The van der Waals surface area contributed by atoms with Crippen molar-refractivity contribution in [3.05, 3.63) is 65.5 Å². The molecule has 4 rings (SSSR count). The van der Waals surface area contributed by atoms with Crippen molar-refractivity contribution in [2.45, 2.75) is 4.90 Å². The molecule has 0 aliphatic rings. The molecule has 0 saturated heterocycles. The number of para-hydroxylation sites is 1. The molecule has 0 aliphatic carbocycles. The van der Waals surface area contributed by atoms with Crippen LogP contribution < -0.4 is 9.88 Å². The Morgan fingerprint density at radius 2 is 1.73 bits per heavy atom. The Kier molecular flexibility index (Phi) is 5.82. The first kappa shape index (κ1) is 20.5. The topological polar surface area (TPSA) is 109 Å². The molecule has 4 aromatic rings. The molecule has 2 aromatic heterocycles. The van der Waals surface area contributed by atoms with Crippen molar-refractivity contribution >= 4 is 48.9 Å². The van der Waals surface area contributed by atoms with Crippen LogP contribution in [0.5, 0.6) is 5.75 Å². The van der Waals surface area contributed by atoms with Crippen molar-refractivity contribution in [1.82, 2.24) is 4.98 Å². The summed E-state index contributed by atoms with van der Waals surface area (Å²) in [7, 11) is -3.74. The number of thiazole rings is 1. The van der Waals surface area contributed by atoms with Crippen LogP contribution in [0.25, 0.3) is 20.1 Å². The first-order chi connectivity index (χ1) is 14.4. The van der Waals surface area contributed by atoms with Gasteiger partial charge in [-0.05, 0) is 48.5 Å². The van der Waals surface area contributed by atoms with Gasteiger partial charge in [0, 0.05) is 0 Å². The maximum Gasteiger partial charge on any atom is 0.348 e. The number of esters is 1. The van der Waals surface area contributed by atoms with Crippen molar-refractivity contribution in [3.8, 4) is 15.6 Å². The minimum absolute atomic E-state index is 0.00269. The minimum Gasteiger partial charge on any atom is -0.490 e. The van der Waals surface area contributed by atoms with Crippen molar-refractivity contribution in [2.24, 2.45) is 5.14 Å². The molecule has 0 unspecified atom stereocenters. The number of primary sulfonamides is 1. The second-order valence-electron chi connectivity index (χ2n) is 6.15. The van der Waals surface area contributed by atoms with E-state index < -0.39 is 16.0 Å². The van der Waals surface area contributed by atoms with Gasteiger partial charge in [0.15, 0.2) is 0 Å². The third-order valence-corrected chi connectivity index (χ3v) is 7.25. The Labute approximate surface area is 180 Å². The van der Waals surface area contributed by atoms with Crippen LogP contribution >= 0.6 is 22.7 Å². The molecule has 0 radical (unpaired) electrons. The van der Waals surface area contributed by atoms with Gasteiger partial charge < -0.3 is 9.47 Å². The van der Waals surface area contributed by atoms with E-state index in [1.165, 1.54) is 35.6 Å². The number of nitrogens with zero attached hydrogens (tertiary/aromatic N) is 1. The zero-order valence-corrected chi connectivity index (χ0v) is 17.9. The first-order valence-corrected chi connectivity index (χ1v) is 12.0. The molecular formula is C20H16N2O5S3. The maximum atomic E-state index is 12.3. The van der Waals surface area contributed by atoms with Crippen LogP contribution in [-0.2, 0) is 14.8 Å². The van der Waals surface area contributed by atoms with E-state index in [-0.39, 0.29) is 18.1 Å². The van der Waals surface area contributed by atoms with E-state index in [0.717, 1.165) is 20.1 Å². The van der Waals surface area contributed by atoms with Gasteiger partial charge in [-0.2, -0.15) is 0 Å². The highest BCUT2D eigenvalue weighted by molar-refractivity contribution is 7.89. The molecule has 0 spiro atoms. The monoisotopic (exact) mass is 460 g/mol. The second-order valence-corrected chi connectivity index (χ2v) is 9.83. The molecule has 0 atom stereocenters. The van der Waals surface area contributed by atoms with E-state index in [1.54, 1.807) is 17.4 Å². The molecule has 0 fully saturated rings. The van der Waals surface area contributed by atoms with Gasteiger partial charge in [0.1, 0.15) is 28.8 Å². The van der Waals surface area contributed by atoms with Crippen LogP contribution in [0.1, 0.15) is 9.67 Å². The summed E-state index contributed by atoms with van der Waals surface area (Å²) >= 11 is 2.91. The molecule has 30 heavy (non-hydrogen) atoms. The molecular weight excluding hydrogens is 444 g/mol. The fraction of sp³-hybridized carbons (Fsp3) is 0.100. The van der Waals surface area contributed by atoms with E-state index >= 15 is 0 Å². The van der Waals surface area contributed by atoms with Gasteiger partial charge in [-0.3, -0.25) is 0 Å². The van der Waals surface area contributed by atoms with Gasteiger partial charge in [-0.15, -0.1) is 22.7 Å². The highest BCUT2D eigenvalue weighted by atomic mass is 32.2. The quantitative estimate of drug-likeness (QED) is 0.331. The molecule has 2 aromatic carbocycles. The summed E-state index contributed by atoms with van der Waals surface area (Å²) in [5.41, 5.74) is 0.935. The smallest absolute Gasteiger partial charge is 0.348 e. The van der Waals surface area contributed by atoms with Crippen LogP contribution in [-0.4, -0.2) is 32.6 Å². The number of hydrogen-bond donors (Lipinski definition) is 1. The zero-order valence-electron chi connectivity index (χ0n) is 15.5. The third kappa shape index (κ3) is 4.68. The number of carbonyl (C=O) groups is 1. The fourth-order valence-corrected chi connectivity index (χ4v) is 5.07. The highest BCUT2D eigenvalue weighted by Crippen LogP contribution is 2.34. The number of carbonyl (C=O) groups excluding carboxylic acids is 1. The largest absolute Gasteiger partial charge is 0.490 e. The average molecular weight is 461 g/mol. The van der Waals surface area contributed by atoms with Gasteiger partial charge in [-0.1, -0.05) is 12.1 Å². The number of fused-ring (bicyclic) bond motifs is 1. The Hall–Kier alpha value is -2.79. The lowest BCUT2D eigenvalue weighted by molar-refractivity contribution is 0.0456. The third-order valence-electron chi connectivity index (χ3n) is 4.05. The molecule has 0 saturated carbocycles. The van der Waals surface area contributed by atoms with Gasteiger partial charge in [-0.25, -0.2) is 23.3 Å². The summed E-state index contributed by atoms with van der Waals surface area (Å²) < 4.78 is 34.3. The molecule has 10 heteroatoms. The summed E-state index contributed by atoms with van der Waals surface area (Å²) in [6.45, 7) is 0.195. The Morgan fingerprint density at radius 1 is 0.967 bits per heavy atom. The van der Waals surface area contributed by atoms with E-state index in [9.17, 15) is 13.2 Å². The molecule has 2 N–H and O–H groups in total. The number of sulfonamides is 1. The first-order valence-electron chi connectivity index (χ1n) is 8.79. The van der Waals surface area contributed by atoms with Crippen LogP contribution in [0.2, 0.25) is 0 Å². The molecule has 154 valence electrons. The van der Waals surface area contributed by atoms with E-state index in [1.807, 2.05) is 30.3 Å². The predicted molar refractivity (Wildman–Crippen MR) is 117 cm³/mol. The highest BCUT2D eigenvalue weighted by Gasteiger charge is 2.14. The number of ether oxygens (including phenoxy) is 2. The number of hydrogen-bond acceptors (Lipinski definition) is 8. The Bertz CT molecular complexity index is 1260. The van der Waals surface area contributed by atoms with Crippen molar-refractivity contribution in [3.63, 3.8) is 0 Å². The predicted octanol–water partition coefficient (Wildman–Crippen LogP) is 3.91. The molecule has 7 nitrogen and oxygen atoms in total. The number of rotatable bonds is 7. The van der Waals surface area contributed by atoms with Gasteiger partial charge in [0.2, 0.25) is 10.0 Å². The second kappa shape index (κ2) is 8.52. The number of thiophene rings is 1. The summed E-state index contributed by atoms with van der Waals surface area (Å²) in [5, 5.41) is 5.91. The fourth-order valence-electron chi connectivity index (χ4n) is 2.63. The number of aromatic nitrogens is 1. The minimum atomic E-state index is -3.74. The molecule has 2 heterocycles. The lowest BCUT2D eigenvalue weighted by atomic mass is 10.3. The molecule has 0 aliphatic heterocycles. The summed E-state index contributed by atoms with van der Waals surface area (Å²) in [5.74, 6) is 0.0215. The van der Waals surface area contributed by atoms with Crippen molar-refractivity contribution in [2.75, 3.05) is 13.2 Å². The van der Waals surface area contributed by atoms with Crippen molar-refractivity contribution in [1.29, 1.82) is 0 Å². The Balaban J connectivity index is 1.30. The normalized spacial score (nSPS) is 11.5. The Morgan fingerprint density at radius 3 is 2.47 bits per heavy atom. The van der Waals surface area contributed by atoms with Crippen LogP contribution in [0.15, 0.2) is 65.6 Å². The number of nitrogens with two attached hydrogens (primary N) is 1. The lowest BCUT2D eigenvalue weighted by Crippen LogP contribution is -2.13. The molecule has 0 bridgehead atoms. The van der Waals surface area contributed by atoms with Crippen LogP contribution in [0.4, 0.5) is 0 Å². The zero-order chi connectivity index (χ0) is 21.1. The van der Waals surface area contributed by atoms with E-state index in [2.05, 4.69) is 4.98 Å². The van der Waals surface area contributed by atoms with Crippen molar-refractivity contribution < 1.29 is 22.7 Å². The maximum absolute atomic E-state index is 12.3. The SMILES string of the molecule is NS(=O)(=O)c1ccc(OCCOC(=O)c2ccc(-c3nc4ccccc4s3)s2)cc1. The van der Waals surface area contributed by atoms with Gasteiger partial charge in [0.25, 0.3) is 0 Å². The summed E-state index contributed by atoms with van der Waals surface area (Å²) in [4.78, 5) is 18.3. The molecule has 0 amide bonds. The van der Waals surface area contributed by atoms with Crippen LogP contribution in [0, 0.1) is 0 Å². The lowest BCUT2D eigenvalue weighted by Gasteiger charge is -2.07. The van der Waals surface area contributed by atoms with Gasteiger partial charge in [0.05, 0.1) is 20.0 Å². The van der Waals surface area contributed by atoms with Crippen LogP contribution in [0.3, 0.4) is 0 Å². The number of benzene rings is 2.